The van der Waals surface area contributed by atoms with Crippen molar-refractivity contribution in [2.75, 3.05) is 26.2 Å². The third-order valence-corrected chi connectivity index (χ3v) is 3.74. The minimum atomic E-state index is 0.0631. The average Bonchev–Trinajstić information content (AvgIpc) is 2.83. The molecule has 1 aliphatic rings. The van der Waals surface area contributed by atoms with Crippen LogP contribution in [0.4, 0.5) is 0 Å². The summed E-state index contributed by atoms with van der Waals surface area (Å²) >= 11 is 0. The summed E-state index contributed by atoms with van der Waals surface area (Å²) in [6.07, 6.45) is 0.980. The van der Waals surface area contributed by atoms with Gasteiger partial charge in [0.25, 0.3) is 0 Å². The van der Waals surface area contributed by atoms with E-state index in [0.29, 0.717) is 13.2 Å². The molecule has 2 rings (SSSR count). The third kappa shape index (κ3) is 3.78. The molecule has 1 unspecified atom stereocenters. The molecule has 0 bridgehead atoms. The van der Waals surface area contributed by atoms with E-state index in [1.165, 1.54) is 0 Å². The van der Waals surface area contributed by atoms with Gasteiger partial charge in [-0.1, -0.05) is 37.3 Å². The summed E-state index contributed by atoms with van der Waals surface area (Å²) in [5, 5.41) is 0. The van der Waals surface area contributed by atoms with Gasteiger partial charge >= 0.3 is 0 Å². The average molecular weight is 262 g/mol. The largest absolute Gasteiger partial charge is 0.367 e. The number of hydrogen-bond acceptors (Lipinski definition) is 3. The van der Waals surface area contributed by atoms with E-state index in [1.807, 2.05) is 35.2 Å². The molecule has 104 valence electrons. The van der Waals surface area contributed by atoms with Gasteiger partial charge in [-0.25, -0.2) is 0 Å². The highest BCUT2D eigenvalue weighted by atomic mass is 16.5. The fourth-order valence-electron chi connectivity index (χ4n) is 2.32. The van der Waals surface area contributed by atoms with Crippen molar-refractivity contribution in [3.8, 4) is 0 Å². The summed E-state index contributed by atoms with van der Waals surface area (Å²) < 4.78 is 5.47. The van der Waals surface area contributed by atoms with Crippen molar-refractivity contribution in [3.63, 3.8) is 0 Å². The van der Waals surface area contributed by atoms with Gasteiger partial charge in [-0.2, -0.15) is 0 Å². The van der Waals surface area contributed by atoms with Crippen molar-refractivity contribution in [1.29, 1.82) is 0 Å². The number of nitrogens with two attached hydrogens (primary N) is 1. The van der Waals surface area contributed by atoms with Gasteiger partial charge in [-0.05, 0) is 23.9 Å². The van der Waals surface area contributed by atoms with Crippen LogP contribution in [0.3, 0.4) is 0 Å². The molecule has 0 aromatic heterocycles. The quantitative estimate of drug-likeness (QED) is 0.872. The van der Waals surface area contributed by atoms with E-state index in [-0.39, 0.29) is 17.9 Å². The summed E-state index contributed by atoms with van der Waals surface area (Å²) in [6.45, 7) is 4.93. The Kier molecular flexibility index (Phi) is 4.56. The minimum Gasteiger partial charge on any atom is -0.367 e. The van der Waals surface area contributed by atoms with E-state index in [1.54, 1.807) is 0 Å². The topological polar surface area (TPSA) is 55.6 Å². The molecule has 1 atom stereocenters. The fraction of sp³-hybridized carbons (Fsp3) is 0.533. The lowest BCUT2D eigenvalue weighted by Crippen LogP contribution is -2.36. The number of benzene rings is 1. The van der Waals surface area contributed by atoms with E-state index >= 15 is 0 Å². The molecule has 1 saturated heterocycles. The number of carbonyl (C=O) groups is 1. The number of likely N-dealkylation sites (tertiary alicyclic amines) is 1. The molecule has 19 heavy (non-hydrogen) atoms. The van der Waals surface area contributed by atoms with Crippen molar-refractivity contribution in [3.05, 3.63) is 35.9 Å². The second-order valence-electron chi connectivity index (χ2n) is 5.56. The highest BCUT2D eigenvalue weighted by molar-refractivity contribution is 5.77. The summed E-state index contributed by atoms with van der Waals surface area (Å²) in [4.78, 5) is 13.9. The van der Waals surface area contributed by atoms with E-state index < -0.39 is 0 Å². The first-order valence-corrected chi connectivity index (χ1v) is 6.72. The van der Waals surface area contributed by atoms with Gasteiger partial charge in [-0.3, -0.25) is 4.79 Å². The second-order valence-corrected chi connectivity index (χ2v) is 5.56. The molecule has 0 spiro atoms. The Morgan fingerprint density at radius 2 is 2.16 bits per heavy atom. The van der Waals surface area contributed by atoms with Crippen LogP contribution in [0.1, 0.15) is 18.9 Å². The van der Waals surface area contributed by atoms with Crippen molar-refractivity contribution in [1.82, 2.24) is 4.90 Å². The van der Waals surface area contributed by atoms with Crippen molar-refractivity contribution in [2.24, 2.45) is 11.1 Å². The second kappa shape index (κ2) is 6.17. The Morgan fingerprint density at radius 3 is 2.79 bits per heavy atom. The van der Waals surface area contributed by atoms with Crippen molar-refractivity contribution in [2.45, 2.75) is 20.0 Å². The molecule has 4 heteroatoms. The lowest BCUT2D eigenvalue weighted by atomic mass is 9.90. The summed E-state index contributed by atoms with van der Waals surface area (Å²) in [6, 6.07) is 9.88. The van der Waals surface area contributed by atoms with E-state index in [9.17, 15) is 4.79 Å². The van der Waals surface area contributed by atoms with Crippen LogP contribution < -0.4 is 5.73 Å². The van der Waals surface area contributed by atoms with Crippen molar-refractivity contribution >= 4 is 5.91 Å². The predicted octanol–water partition coefficient (Wildman–Crippen LogP) is 1.40. The van der Waals surface area contributed by atoms with Gasteiger partial charge in [0.1, 0.15) is 6.61 Å². The van der Waals surface area contributed by atoms with E-state index in [4.69, 9.17) is 10.5 Å². The van der Waals surface area contributed by atoms with Crippen LogP contribution in [0.2, 0.25) is 0 Å². The maximum Gasteiger partial charge on any atom is 0.248 e. The van der Waals surface area contributed by atoms with Crippen LogP contribution in [0.5, 0.6) is 0 Å². The van der Waals surface area contributed by atoms with Crippen LogP contribution in [-0.4, -0.2) is 37.0 Å². The maximum absolute atomic E-state index is 12.0. The molecule has 1 aromatic rings. The number of nitrogens with zero attached hydrogens (tertiary/aromatic N) is 1. The zero-order valence-electron chi connectivity index (χ0n) is 11.5. The molecule has 0 saturated carbocycles. The number of hydrogen-bond donors (Lipinski definition) is 1. The highest BCUT2D eigenvalue weighted by Crippen LogP contribution is 2.28. The summed E-state index contributed by atoms with van der Waals surface area (Å²) in [7, 11) is 0. The van der Waals surface area contributed by atoms with Crippen LogP contribution >= 0.6 is 0 Å². The molecule has 2 N–H and O–H groups in total. The van der Waals surface area contributed by atoms with E-state index in [0.717, 1.165) is 25.1 Å². The monoisotopic (exact) mass is 262 g/mol. The highest BCUT2D eigenvalue weighted by Gasteiger charge is 2.34. The van der Waals surface area contributed by atoms with Gasteiger partial charge in [0.15, 0.2) is 0 Å². The van der Waals surface area contributed by atoms with Gasteiger partial charge < -0.3 is 15.4 Å². The van der Waals surface area contributed by atoms with Gasteiger partial charge in [0, 0.05) is 13.1 Å². The molecule has 1 fully saturated rings. The van der Waals surface area contributed by atoms with Crippen LogP contribution in [0.15, 0.2) is 30.3 Å². The Hall–Kier alpha value is -1.39. The zero-order valence-corrected chi connectivity index (χ0v) is 11.5. The molecular formula is C15H22N2O2. The summed E-state index contributed by atoms with van der Waals surface area (Å²) in [5.74, 6) is 0.0631. The Morgan fingerprint density at radius 1 is 1.42 bits per heavy atom. The number of rotatable bonds is 5. The van der Waals surface area contributed by atoms with Crippen LogP contribution in [0, 0.1) is 5.41 Å². The Labute approximate surface area is 114 Å². The number of amides is 1. The standard InChI is InChI=1S/C15H22N2O2/c1-15(11-16)7-8-17(12-15)14(18)10-19-9-13-5-3-2-4-6-13/h2-6H,7-12,16H2,1H3. The molecule has 0 radical (unpaired) electrons. The normalized spacial score (nSPS) is 22.7. The van der Waals surface area contributed by atoms with Gasteiger partial charge in [-0.15, -0.1) is 0 Å². The fourth-order valence-corrected chi connectivity index (χ4v) is 2.32. The van der Waals surface area contributed by atoms with Gasteiger partial charge in [0.05, 0.1) is 6.61 Å². The first kappa shape index (κ1) is 14.0. The Bertz CT molecular complexity index is 421. The zero-order chi connectivity index (χ0) is 13.7. The molecule has 1 heterocycles. The Balaban J connectivity index is 1.74. The minimum absolute atomic E-state index is 0.0631. The molecule has 1 aliphatic heterocycles. The molecule has 4 nitrogen and oxygen atoms in total. The van der Waals surface area contributed by atoms with Crippen LogP contribution in [-0.2, 0) is 16.1 Å². The first-order chi connectivity index (χ1) is 9.13. The lowest BCUT2D eigenvalue weighted by molar-refractivity contribution is -0.135. The number of ether oxygens (including phenoxy) is 1. The molecule has 0 aliphatic carbocycles. The molecule has 1 aromatic carbocycles. The van der Waals surface area contributed by atoms with Crippen LogP contribution in [0.25, 0.3) is 0 Å². The molecule has 1 amide bonds. The smallest absolute Gasteiger partial charge is 0.248 e. The summed E-state index contributed by atoms with van der Waals surface area (Å²) in [5.41, 5.74) is 6.90. The molecular weight excluding hydrogens is 240 g/mol. The third-order valence-electron chi connectivity index (χ3n) is 3.74. The van der Waals surface area contributed by atoms with E-state index in [2.05, 4.69) is 6.92 Å². The first-order valence-electron chi connectivity index (χ1n) is 6.72. The SMILES string of the molecule is CC1(CN)CCN(C(=O)COCc2ccccc2)C1. The lowest BCUT2D eigenvalue weighted by Gasteiger charge is -2.22. The van der Waals surface area contributed by atoms with Crippen molar-refractivity contribution < 1.29 is 9.53 Å². The predicted molar refractivity (Wildman–Crippen MR) is 74.5 cm³/mol. The van der Waals surface area contributed by atoms with Gasteiger partial charge in [0.2, 0.25) is 5.91 Å². The maximum atomic E-state index is 12.0. The number of carbonyl (C=O) groups excluding carboxylic acids is 1.